The Hall–Kier alpha value is -1.49. The Labute approximate surface area is 118 Å². The molecule has 0 spiro atoms. The van der Waals surface area contributed by atoms with E-state index in [0.29, 0.717) is 19.0 Å². The summed E-state index contributed by atoms with van der Waals surface area (Å²) in [4.78, 5) is 3.88. The van der Waals surface area contributed by atoms with E-state index < -0.39 is 10.0 Å². The van der Waals surface area contributed by atoms with Crippen molar-refractivity contribution in [3.63, 3.8) is 0 Å². The molecule has 0 saturated carbocycles. The van der Waals surface area contributed by atoms with Gasteiger partial charge in [0.15, 0.2) is 5.69 Å². The van der Waals surface area contributed by atoms with Crippen LogP contribution in [-0.2, 0) is 10.0 Å². The zero-order chi connectivity index (χ0) is 14.2. The maximum Gasteiger partial charge on any atom is 0.246 e. The minimum absolute atomic E-state index is 0.000462. The van der Waals surface area contributed by atoms with Gasteiger partial charge in [-0.3, -0.25) is 0 Å². The molecule has 1 aromatic rings. The lowest BCUT2D eigenvalue weighted by Crippen LogP contribution is -2.48. The average Bonchev–Trinajstić information content (AvgIpc) is 2.95. The van der Waals surface area contributed by atoms with Crippen molar-refractivity contribution in [2.24, 2.45) is 5.92 Å². The Balaban J connectivity index is 2.01. The summed E-state index contributed by atoms with van der Waals surface area (Å²) in [5, 5.41) is 12.3. The van der Waals surface area contributed by atoms with Gasteiger partial charge in [-0.25, -0.2) is 13.4 Å². The minimum atomic E-state index is -3.65. The molecule has 6 nitrogen and oxygen atoms in total. The van der Waals surface area contributed by atoms with Crippen LogP contribution in [0.25, 0.3) is 0 Å². The molecule has 2 unspecified atom stereocenters. The van der Waals surface area contributed by atoms with Crippen LogP contribution in [-0.4, -0.2) is 43.4 Å². The number of fused-ring (bicyclic) bond motifs is 1. The first-order valence-corrected chi connectivity index (χ1v) is 8.16. The number of nitrogens with zero attached hydrogens (tertiary/aromatic N) is 3. The summed E-state index contributed by atoms with van der Waals surface area (Å²) in [6.45, 7) is 2.08. The van der Waals surface area contributed by atoms with E-state index in [0.717, 1.165) is 19.4 Å². The number of nitrogens with one attached hydrogen (secondary N) is 1. The van der Waals surface area contributed by atoms with Crippen molar-refractivity contribution >= 4 is 10.0 Å². The van der Waals surface area contributed by atoms with E-state index in [4.69, 9.17) is 5.26 Å². The molecule has 3 heterocycles. The van der Waals surface area contributed by atoms with Gasteiger partial charge in [0.05, 0.1) is 0 Å². The largest absolute Gasteiger partial charge is 0.315 e. The first-order chi connectivity index (χ1) is 9.64. The molecule has 0 radical (unpaired) electrons. The number of nitriles is 1. The standard InChI is InChI=1S/C13H16N4O2S/c14-7-11-13(4-1-5-16-11)20(18,19)17-6-2-3-10-8-15-9-12(10)17/h1,4-5,10,12,15H,2-3,6,8-9H2. The molecule has 2 aliphatic heterocycles. The van der Waals surface area contributed by atoms with Crippen molar-refractivity contribution in [1.82, 2.24) is 14.6 Å². The number of aromatic nitrogens is 1. The van der Waals surface area contributed by atoms with Gasteiger partial charge in [-0.15, -0.1) is 0 Å². The SMILES string of the molecule is N#Cc1ncccc1S(=O)(=O)N1CCCC2CNCC21. The molecule has 2 saturated heterocycles. The molecule has 0 bridgehead atoms. The zero-order valence-corrected chi connectivity index (χ0v) is 11.8. The highest BCUT2D eigenvalue weighted by molar-refractivity contribution is 7.89. The van der Waals surface area contributed by atoms with Crippen LogP contribution in [0.3, 0.4) is 0 Å². The molecule has 1 N–H and O–H groups in total. The second kappa shape index (κ2) is 5.13. The number of piperidine rings is 1. The van der Waals surface area contributed by atoms with Crippen LogP contribution in [0.1, 0.15) is 18.5 Å². The normalized spacial score (nSPS) is 26.9. The Kier molecular flexibility index (Phi) is 3.46. The molecule has 3 rings (SSSR count). The first kappa shape index (κ1) is 13.5. The van der Waals surface area contributed by atoms with Crippen molar-refractivity contribution in [1.29, 1.82) is 5.26 Å². The number of pyridine rings is 1. The molecular weight excluding hydrogens is 276 g/mol. The highest BCUT2D eigenvalue weighted by Gasteiger charge is 2.42. The fraction of sp³-hybridized carbons (Fsp3) is 0.538. The predicted octanol–water partition coefficient (Wildman–Crippen LogP) is 0.326. The van der Waals surface area contributed by atoms with Gasteiger partial charge in [-0.1, -0.05) is 0 Å². The summed E-state index contributed by atoms with van der Waals surface area (Å²) >= 11 is 0. The van der Waals surface area contributed by atoms with E-state index in [1.165, 1.54) is 12.3 Å². The van der Waals surface area contributed by atoms with Crippen molar-refractivity contribution in [3.8, 4) is 6.07 Å². The number of hydrogen-bond acceptors (Lipinski definition) is 5. The summed E-state index contributed by atoms with van der Waals surface area (Å²) < 4.78 is 27.2. The van der Waals surface area contributed by atoms with Crippen molar-refractivity contribution in [2.75, 3.05) is 19.6 Å². The quantitative estimate of drug-likeness (QED) is 0.848. The summed E-state index contributed by atoms with van der Waals surface area (Å²) in [7, 11) is -3.65. The van der Waals surface area contributed by atoms with E-state index in [1.54, 1.807) is 10.4 Å². The minimum Gasteiger partial charge on any atom is -0.315 e. The van der Waals surface area contributed by atoms with E-state index in [9.17, 15) is 8.42 Å². The molecule has 2 atom stereocenters. The van der Waals surface area contributed by atoms with Crippen LogP contribution >= 0.6 is 0 Å². The highest BCUT2D eigenvalue weighted by Crippen LogP contribution is 2.31. The monoisotopic (exact) mass is 292 g/mol. The van der Waals surface area contributed by atoms with Crippen LogP contribution in [0, 0.1) is 17.2 Å². The van der Waals surface area contributed by atoms with E-state index in [2.05, 4.69) is 10.3 Å². The summed E-state index contributed by atoms with van der Waals surface area (Å²) in [5.41, 5.74) is -0.0272. The van der Waals surface area contributed by atoms with E-state index >= 15 is 0 Å². The van der Waals surface area contributed by atoms with Crippen LogP contribution in [0.4, 0.5) is 0 Å². The van der Waals surface area contributed by atoms with Crippen LogP contribution in [0.5, 0.6) is 0 Å². The van der Waals surface area contributed by atoms with Gasteiger partial charge in [0.2, 0.25) is 10.0 Å². The maximum absolute atomic E-state index is 12.8. The third-order valence-corrected chi connectivity index (χ3v) is 6.05. The molecule has 2 aliphatic rings. The van der Waals surface area contributed by atoms with Gasteiger partial charge in [0.1, 0.15) is 11.0 Å². The topological polar surface area (TPSA) is 86.1 Å². The van der Waals surface area contributed by atoms with Crippen LogP contribution in [0.2, 0.25) is 0 Å². The van der Waals surface area contributed by atoms with Crippen molar-refractivity contribution < 1.29 is 8.42 Å². The van der Waals surface area contributed by atoms with Crippen molar-refractivity contribution in [3.05, 3.63) is 24.0 Å². The lowest BCUT2D eigenvalue weighted by Gasteiger charge is -2.35. The summed E-state index contributed by atoms with van der Waals surface area (Å²) in [6, 6.07) is 4.89. The zero-order valence-electron chi connectivity index (χ0n) is 11.0. The molecule has 2 fully saturated rings. The van der Waals surface area contributed by atoms with E-state index in [-0.39, 0.29) is 16.6 Å². The number of sulfonamides is 1. The molecule has 106 valence electrons. The second-order valence-electron chi connectivity index (χ2n) is 5.21. The van der Waals surface area contributed by atoms with Gasteiger partial charge >= 0.3 is 0 Å². The fourth-order valence-corrected chi connectivity index (χ4v) is 4.95. The Bertz CT molecular complexity index is 653. The van der Waals surface area contributed by atoms with Gasteiger partial charge in [0, 0.05) is 25.3 Å². The predicted molar refractivity (Wildman–Crippen MR) is 72.2 cm³/mol. The average molecular weight is 292 g/mol. The third-order valence-electron chi connectivity index (χ3n) is 4.09. The first-order valence-electron chi connectivity index (χ1n) is 6.72. The summed E-state index contributed by atoms with van der Waals surface area (Å²) in [5.74, 6) is 0.376. The lowest BCUT2D eigenvalue weighted by molar-refractivity contribution is 0.217. The third kappa shape index (κ3) is 2.10. The number of hydrogen-bond donors (Lipinski definition) is 1. The van der Waals surface area contributed by atoms with Gasteiger partial charge in [-0.05, 0) is 37.4 Å². The van der Waals surface area contributed by atoms with Gasteiger partial charge < -0.3 is 5.32 Å². The van der Waals surface area contributed by atoms with Gasteiger partial charge in [-0.2, -0.15) is 9.57 Å². The highest BCUT2D eigenvalue weighted by atomic mass is 32.2. The molecule has 1 aromatic heterocycles. The summed E-state index contributed by atoms with van der Waals surface area (Å²) in [6.07, 6.45) is 3.36. The fourth-order valence-electron chi connectivity index (χ4n) is 3.13. The lowest BCUT2D eigenvalue weighted by atomic mass is 9.94. The van der Waals surface area contributed by atoms with E-state index in [1.807, 2.05) is 6.07 Å². The molecule has 0 amide bonds. The molecule has 7 heteroatoms. The smallest absolute Gasteiger partial charge is 0.246 e. The Morgan fingerprint density at radius 2 is 2.30 bits per heavy atom. The molecular formula is C13H16N4O2S. The Morgan fingerprint density at radius 1 is 1.45 bits per heavy atom. The van der Waals surface area contributed by atoms with Gasteiger partial charge in [0.25, 0.3) is 0 Å². The maximum atomic E-state index is 12.8. The molecule has 0 aliphatic carbocycles. The van der Waals surface area contributed by atoms with Crippen molar-refractivity contribution in [2.45, 2.75) is 23.8 Å². The van der Waals surface area contributed by atoms with Crippen LogP contribution < -0.4 is 5.32 Å². The molecule has 0 aromatic carbocycles. The number of rotatable bonds is 2. The second-order valence-corrected chi connectivity index (χ2v) is 7.06. The molecule has 20 heavy (non-hydrogen) atoms. The Morgan fingerprint density at radius 3 is 3.10 bits per heavy atom. The van der Waals surface area contributed by atoms with Crippen LogP contribution in [0.15, 0.2) is 23.2 Å².